The molecule has 2 aromatic carbocycles. The molecule has 6 heteroatoms. The number of thioether (sulfide) groups is 1. The molecule has 1 aliphatic rings. The van der Waals surface area contributed by atoms with Gasteiger partial charge in [0.2, 0.25) is 0 Å². The van der Waals surface area contributed by atoms with Crippen molar-refractivity contribution in [1.82, 2.24) is 4.98 Å². The molecule has 0 saturated heterocycles. The van der Waals surface area contributed by atoms with Gasteiger partial charge >= 0.3 is 0 Å². The first-order valence-electron chi connectivity index (χ1n) is 8.07. The van der Waals surface area contributed by atoms with Crippen LogP contribution in [0.4, 0.5) is 0 Å². The Bertz CT molecular complexity index is 1090. The minimum Gasteiger partial charge on any atom is -0.378 e. The second kappa shape index (κ2) is 6.62. The van der Waals surface area contributed by atoms with E-state index in [9.17, 15) is 10.1 Å². The minimum atomic E-state index is -0.292. The topological polar surface area (TPSA) is 92.1 Å². The van der Waals surface area contributed by atoms with E-state index in [0.29, 0.717) is 17.2 Å². The fraction of sp³-hybridized carbons (Fsp3) is 0.100. The summed E-state index contributed by atoms with van der Waals surface area (Å²) in [6, 6.07) is 17.9. The second-order valence-electron chi connectivity index (χ2n) is 5.98. The molecule has 26 heavy (non-hydrogen) atoms. The van der Waals surface area contributed by atoms with Gasteiger partial charge in [-0.05, 0) is 29.7 Å². The van der Waals surface area contributed by atoms with Gasteiger partial charge in [-0.3, -0.25) is 9.78 Å². The molecule has 0 bridgehead atoms. The molecule has 1 amide bonds. The number of pyridine rings is 1. The fourth-order valence-electron chi connectivity index (χ4n) is 3.11. The Morgan fingerprint density at radius 2 is 2.00 bits per heavy atom. The predicted octanol–water partition coefficient (Wildman–Crippen LogP) is 3.27. The maximum absolute atomic E-state index is 11.9. The van der Waals surface area contributed by atoms with E-state index in [1.807, 2.05) is 48.5 Å². The number of nitrogens with two attached hydrogens (primary N) is 1. The minimum absolute atomic E-state index is 0.195. The molecule has 0 aliphatic carbocycles. The van der Waals surface area contributed by atoms with Crippen LogP contribution in [0.1, 0.15) is 11.1 Å². The standard InChI is InChI=1S/C20H14N4OS/c21-10-14-11-23-16-7-6-12(9-17-19(25)24-20(22)26-17)8-15(16)18(14)13-4-2-1-3-5-13/h1-8,11,17H,9H2,(H2,22,24,25). The van der Waals surface area contributed by atoms with Crippen LogP contribution in [0, 0.1) is 11.3 Å². The van der Waals surface area contributed by atoms with Crippen LogP contribution in [0.5, 0.6) is 0 Å². The number of hydrogen-bond acceptors (Lipinski definition) is 5. The number of nitrogens with zero attached hydrogens (tertiary/aromatic N) is 3. The Labute approximate surface area is 154 Å². The Balaban J connectivity index is 1.82. The van der Waals surface area contributed by atoms with Gasteiger partial charge < -0.3 is 5.73 Å². The molecule has 1 atom stereocenters. The smallest absolute Gasteiger partial charge is 0.261 e. The molecule has 4 rings (SSSR count). The summed E-state index contributed by atoms with van der Waals surface area (Å²) in [6.45, 7) is 0. The number of amides is 1. The lowest BCUT2D eigenvalue weighted by Crippen LogP contribution is -2.14. The first kappa shape index (κ1) is 16.3. The van der Waals surface area contributed by atoms with E-state index in [1.54, 1.807) is 6.20 Å². The highest BCUT2D eigenvalue weighted by molar-refractivity contribution is 8.15. The van der Waals surface area contributed by atoms with E-state index in [2.05, 4.69) is 16.0 Å². The SMILES string of the molecule is N#Cc1cnc2ccc(CC3SC(N)=NC3=O)cc2c1-c1ccccc1. The quantitative estimate of drug-likeness (QED) is 0.776. The molecule has 0 fully saturated rings. The van der Waals surface area contributed by atoms with Crippen molar-refractivity contribution in [3.05, 3.63) is 65.9 Å². The first-order chi connectivity index (χ1) is 12.7. The lowest BCUT2D eigenvalue weighted by atomic mass is 9.95. The van der Waals surface area contributed by atoms with Crippen LogP contribution in [0.3, 0.4) is 0 Å². The zero-order valence-electron chi connectivity index (χ0n) is 13.7. The van der Waals surface area contributed by atoms with Gasteiger partial charge in [0.25, 0.3) is 5.91 Å². The largest absolute Gasteiger partial charge is 0.378 e. The number of carbonyl (C=O) groups is 1. The van der Waals surface area contributed by atoms with E-state index in [-0.39, 0.29) is 11.2 Å². The summed E-state index contributed by atoms with van der Waals surface area (Å²) >= 11 is 1.29. The molecule has 0 spiro atoms. The number of hydrogen-bond donors (Lipinski definition) is 1. The van der Waals surface area contributed by atoms with Crippen molar-refractivity contribution in [2.24, 2.45) is 10.7 Å². The lowest BCUT2D eigenvalue weighted by molar-refractivity contribution is -0.117. The molecule has 126 valence electrons. The number of carbonyl (C=O) groups excluding carboxylic acids is 1. The van der Waals surface area contributed by atoms with Crippen LogP contribution in [-0.2, 0) is 11.2 Å². The third-order valence-electron chi connectivity index (χ3n) is 4.30. The number of fused-ring (bicyclic) bond motifs is 1. The average molecular weight is 358 g/mol. The molecule has 1 aromatic heterocycles. The summed E-state index contributed by atoms with van der Waals surface area (Å²) in [5.41, 5.74) is 9.80. The van der Waals surface area contributed by atoms with Gasteiger partial charge in [0.05, 0.1) is 16.3 Å². The maximum Gasteiger partial charge on any atom is 0.261 e. The summed E-state index contributed by atoms with van der Waals surface area (Å²) in [4.78, 5) is 20.1. The molecule has 2 heterocycles. The number of aromatic nitrogens is 1. The van der Waals surface area contributed by atoms with Gasteiger partial charge in [-0.1, -0.05) is 48.2 Å². The van der Waals surface area contributed by atoms with Crippen LogP contribution < -0.4 is 5.73 Å². The number of amidine groups is 1. The van der Waals surface area contributed by atoms with Crippen LogP contribution >= 0.6 is 11.8 Å². The molecular weight excluding hydrogens is 344 g/mol. The van der Waals surface area contributed by atoms with Gasteiger partial charge in [0.1, 0.15) is 6.07 Å². The van der Waals surface area contributed by atoms with E-state index < -0.39 is 0 Å². The monoisotopic (exact) mass is 358 g/mol. The summed E-state index contributed by atoms with van der Waals surface area (Å²) in [6.07, 6.45) is 2.14. The Hall–Kier alpha value is -3.17. The van der Waals surface area contributed by atoms with Crippen LogP contribution in [-0.4, -0.2) is 21.3 Å². The molecule has 0 radical (unpaired) electrons. The van der Waals surface area contributed by atoms with E-state index >= 15 is 0 Å². The summed E-state index contributed by atoms with van der Waals surface area (Å²) < 4.78 is 0. The zero-order chi connectivity index (χ0) is 18.1. The van der Waals surface area contributed by atoms with Crippen molar-refractivity contribution in [3.63, 3.8) is 0 Å². The van der Waals surface area contributed by atoms with Crippen molar-refractivity contribution in [2.75, 3.05) is 0 Å². The van der Waals surface area contributed by atoms with Crippen LogP contribution in [0.2, 0.25) is 0 Å². The number of benzene rings is 2. The molecular formula is C20H14N4OS. The Kier molecular flexibility index (Phi) is 4.15. The van der Waals surface area contributed by atoms with Gasteiger partial charge in [-0.15, -0.1) is 0 Å². The van der Waals surface area contributed by atoms with Gasteiger partial charge in [-0.25, -0.2) is 0 Å². The van der Waals surface area contributed by atoms with Gasteiger partial charge in [0.15, 0.2) is 5.17 Å². The summed E-state index contributed by atoms with van der Waals surface area (Å²) in [5, 5.41) is 10.5. The average Bonchev–Trinajstić information content (AvgIpc) is 2.98. The molecule has 2 N–H and O–H groups in total. The maximum atomic E-state index is 11.9. The molecule has 3 aromatic rings. The molecule has 1 aliphatic heterocycles. The highest BCUT2D eigenvalue weighted by Gasteiger charge is 2.27. The number of aliphatic imine (C=N–C) groups is 1. The molecule has 5 nitrogen and oxygen atoms in total. The van der Waals surface area contributed by atoms with Crippen molar-refractivity contribution in [1.29, 1.82) is 5.26 Å². The highest BCUT2D eigenvalue weighted by atomic mass is 32.2. The number of nitriles is 1. The third kappa shape index (κ3) is 2.93. The van der Waals surface area contributed by atoms with Crippen molar-refractivity contribution in [2.45, 2.75) is 11.7 Å². The van der Waals surface area contributed by atoms with Gasteiger partial charge in [-0.2, -0.15) is 10.3 Å². The number of rotatable bonds is 3. The van der Waals surface area contributed by atoms with Crippen molar-refractivity contribution < 1.29 is 4.79 Å². The fourth-order valence-corrected chi connectivity index (χ4v) is 3.98. The first-order valence-corrected chi connectivity index (χ1v) is 8.95. The highest BCUT2D eigenvalue weighted by Crippen LogP contribution is 2.32. The second-order valence-corrected chi connectivity index (χ2v) is 7.20. The molecule has 0 saturated carbocycles. The zero-order valence-corrected chi connectivity index (χ0v) is 14.5. The van der Waals surface area contributed by atoms with E-state index in [0.717, 1.165) is 27.6 Å². The van der Waals surface area contributed by atoms with Crippen molar-refractivity contribution >= 4 is 33.7 Å². The van der Waals surface area contributed by atoms with Crippen LogP contribution in [0.25, 0.3) is 22.0 Å². The summed E-state index contributed by atoms with van der Waals surface area (Å²) in [5.74, 6) is -0.195. The Morgan fingerprint density at radius 1 is 1.19 bits per heavy atom. The summed E-state index contributed by atoms with van der Waals surface area (Å²) in [7, 11) is 0. The van der Waals surface area contributed by atoms with Gasteiger partial charge in [0, 0.05) is 17.1 Å². The van der Waals surface area contributed by atoms with E-state index in [4.69, 9.17) is 5.73 Å². The predicted molar refractivity (Wildman–Crippen MR) is 104 cm³/mol. The third-order valence-corrected chi connectivity index (χ3v) is 5.28. The molecule has 1 unspecified atom stereocenters. The van der Waals surface area contributed by atoms with E-state index in [1.165, 1.54) is 11.8 Å². The van der Waals surface area contributed by atoms with Crippen molar-refractivity contribution in [3.8, 4) is 17.2 Å². The lowest BCUT2D eigenvalue weighted by Gasteiger charge is -2.12. The Morgan fingerprint density at radius 3 is 2.69 bits per heavy atom. The van der Waals surface area contributed by atoms with Crippen LogP contribution in [0.15, 0.2) is 59.7 Å². The normalized spacial score (nSPS) is 16.5.